The van der Waals surface area contributed by atoms with E-state index in [4.69, 9.17) is 13.9 Å². The molecule has 3 nitrogen and oxygen atoms in total. The van der Waals surface area contributed by atoms with Gasteiger partial charge in [-0.15, -0.1) is 0 Å². The first-order valence-electron chi connectivity index (χ1n) is 8.59. The van der Waals surface area contributed by atoms with Crippen LogP contribution < -0.4 is 9.47 Å². The van der Waals surface area contributed by atoms with Gasteiger partial charge in [0.1, 0.15) is 0 Å². The number of benzene rings is 4. The van der Waals surface area contributed by atoms with Gasteiger partial charge < -0.3 is 13.9 Å². The minimum atomic E-state index is 0.259. The van der Waals surface area contributed by atoms with E-state index in [0.29, 0.717) is 0 Å². The zero-order chi connectivity index (χ0) is 17.1. The number of furan rings is 1. The van der Waals surface area contributed by atoms with Crippen molar-refractivity contribution >= 4 is 32.3 Å². The summed E-state index contributed by atoms with van der Waals surface area (Å²) in [6.07, 6.45) is 3.61. The molecule has 0 aliphatic carbocycles. The Morgan fingerprint density at radius 3 is 2.54 bits per heavy atom. The lowest BCUT2D eigenvalue weighted by atomic mass is 9.92. The highest BCUT2D eigenvalue weighted by atomic mass is 16.7. The first-order chi connectivity index (χ1) is 12.9. The van der Waals surface area contributed by atoms with E-state index in [1.807, 2.05) is 12.3 Å². The molecule has 5 aromatic rings. The van der Waals surface area contributed by atoms with Crippen LogP contribution in [0.25, 0.3) is 43.4 Å². The van der Waals surface area contributed by atoms with E-state index >= 15 is 0 Å². The van der Waals surface area contributed by atoms with Gasteiger partial charge in [-0.3, -0.25) is 0 Å². The molecule has 0 fully saturated rings. The summed E-state index contributed by atoms with van der Waals surface area (Å²) in [6.45, 7) is 0.259. The standard InChI is InChI=1S/C23H14O3/c1-2-4-15-9-16(6-5-14(15)3-1)21-19-12-24-11-18(19)10-17-7-8-20-23(22(17)21)26-13-25-20/h1-12H,13H2. The Morgan fingerprint density at radius 1 is 0.692 bits per heavy atom. The normalized spacial score (nSPS) is 13.1. The Morgan fingerprint density at radius 2 is 1.58 bits per heavy atom. The molecule has 0 saturated heterocycles. The summed E-state index contributed by atoms with van der Waals surface area (Å²) < 4.78 is 17.0. The van der Waals surface area contributed by atoms with Crippen LogP contribution in [0.1, 0.15) is 0 Å². The van der Waals surface area contributed by atoms with Gasteiger partial charge in [-0.05, 0) is 39.9 Å². The molecule has 0 radical (unpaired) electrons. The molecule has 0 atom stereocenters. The molecule has 1 aromatic heterocycles. The molecule has 2 heterocycles. The van der Waals surface area contributed by atoms with Crippen molar-refractivity contribution in [3.05, 3.63) is 73.2 Å². The number of rotatable bonds is 1. The SMILES string of the molecule is c1ccc2cc(-c3c4cocc4cc4ccc5c(c34)OCO5)ccc2c1. The summed E-state index contributed by atoms with van der Waals surface area (Å²) in [5.74, 6) is 1.61. The molecule has 0 saturated carbocycles. The third-order valence-corrected chi connectivity index (χ3v) is 5.13. The predicted molar refractivity (Wildman–Crippen MR) is 103 cm³/mol. The lowest BCUT2D eigenvalue weighted by Crippen LogP contribution is -1.93. The Hall–Kier alpha value is -3.46. The Balaban J connectivity index is 1.79. The highest BCUT2D eigenvalue weighted by Gasteiger charge is 2.22. The molecule has 0 unspecified atom stereocenters. The Bertz CT molecular complexity index is 1310. The van der Waals surface area contributed by atoms with E-state index in [1.54, 1.807) is 6.26 Å². The summed E-state index contributed by atoms with van der Waals surface area (Å²) in [6, 6.07) is 21.1. The van der Waals surface area contributed by atoms with Gasteiger partial charge in [0.2, 0.25) is 6.79 Å². The second-order valence-electron chi connectivity index (χ2n) is 6.59. The molecule has 0 amide bonds. The van der Waals surface area contributed by atoms with Gasteiger partial charge in [0.15, 0.2) is 11.5 Å². The van der Waals surface area contributed by atoms with Crippen LogP contribution in [0.4, 0.5) is 0 Å². The predicted octanol–water partition coefficient (Wildman–Crippen LogP) is 6.13. The lowest BCUT2D eigenvalue weighted by Gasteiger charge is -2.12. The van der Waals surface area contributed by atoms with Gasteiger partial charge in [0.25, 0.3) is 0 Å². The molecule has 0 N–H and O–H groups in total. The van der Waals surface area contributed by atoms with E-state index in [2.05, 4.69) is 54.6 Å². The topological polar surface area (TPSA) is 31.6 Å². The molecule has 26 heavy (non-hydrogen) atoms. The van der Waals surface area contributed by atoms with Crippen molar-refractivity contribution in [2.45, 2.75) is 0 Å². The maximum absolute atomic E-state index is 5.83. The van der Waals surface area contributed by atoms with Crippen LogP contribution in [0.15, 0.2) is 77.6 Å². The first-order valence-corrected chi connectivity index (χ1v) is 8.59. The second kappa shape index (κ2) is 5.02. The number of ether oxygens (including phenoxy) is 2. The minimum absolute atomic E-state index is 0.259. The van der Waals surface area contributed by atoms with Gasteiger partial charge in [-0.2, -0.15) is 0 Å². The van der Waals surface area contributed by atoms with Crippen LogP contribution in [-0.2, 0) is 0 Å². The van der Waals surface area contributed by atoms with Crippen molar-refractivity contribution in [3.8, 4) is 22.6 Å². The summed E-state index contributed by atoms with van der Waals surface area (Å²) in [5.41, 5.74) is 2.27. The fraction of sp³-hybridized carbons (Fsp3) is 0.0435. The maximum atomic E-state index is 5.83. The third kappa shape index (κ3) is 1.83. The summed E-state index contributed by atoms with van der Waals surface area (Å²) in [5, 5.41) is 6.79. The van der Waals surface area contributed by atoms with Gasteiger partial charge in [-0.1, -0.05) is 42.5 Å². The molecule has 0 bridgehead atoms. The van der Waals surface area contributed by atoms with Crippen molar-refractivity contribution < 1.29 is 13.9 Å². The smallest absolute Gasteiger partial charge is 0.231 e. The number of hydrogen-bond acceptors (Lipinski definition) is 3. The fourth-order valence-electron chi connectivity index (χ4n) is 3.93. The zero-order valence-electron chi connectivity index (χ0n) is 13.9. The molecule has 1 aliphatic rings. The average Bonchev–Trinajstić information content (AvgIpc) is 3.34. The third-order valence-electron chi connectivity index (χ3n) is 5.13. The molecule has 0 spiro atoms. The average molecular weight is 338 g/mol. The van der Waals surface area contributed by atoms with Crippen LogP contribution in [0, 0.1) is 0 Å². The second-order valence-corrected chi connectivity index (χ2v) is 6.59. The van der Waals surface area contributed by atoms with E-state index in [1.165, 1.54) is 10.8 Å². The van der Waals surface area contributed by atoms with Gasteiger partial charge in [0, 0.05) is 21.7 Å². The van der Waals surface area contributed by atoms with E-state index in [0.717, 1.165) is 44.2 Å². The molecule has 3 heteroatoms. The van der Waals surface area contributed by atoms with Gasteiger partial charge in [-0.25, -0.2) is 0 Å². The summed E-state index contributed by atoms with van der Waals surface area (Å²) in [4.78, 5) is 0. The van der Waals surface area contributed by atoms with E-state index < -0.39 is 0 Å². The van der Waals surface area contributed by atoms with Crippen molar-refractivity contribution in [2.75, 3.05) is 6.79 Å². The first kappa shape index (κ1) is 13.8. The molecular weight excluding hydrogens is 324 g/mol. The molecule has 6 rings (SSSR count). The van der Waals surface area contributed by atoms with Crippen molar-refractivity contribution in [1.82, 2.24) is 0 Å². The van der Waals surface area contributed by atoms with Crippen molar-refractivity contribution in [1.29, 1.82) is 0 Å². The van der Waals surface area contributed by atoms with Gasteiger partial charge in [0.05, 0.1) is 12.5 Å². The monoisotopic (exact) mass is 338 g/mol. The Kier molecular flexibility index (Phi) is 2.66. The highest BCUT2D eigenvalue weighted by Crippen LogP contribution is 2.47. The van der Waals surface area contributed by atoms with Crippen LogP contribution in [-0.4, -0.2) is 6.79 Å². The number of hydrogen-bond donors (Lipinski definition) is 0. The van der Waals surface area contributed by atoms with Crippen LogP contribution in [0.2, 0.25) is 0 Å². The quantitative estimate of drug-likeness (QED) is 0.368. The van der Waals surface area contributed by atoms with Crippen LogP contribution >= 0.6 is 0 Å². The van der Waals surface area contributed by atoms with Gasteiger partial charge >= 0.3 is 0 Å². The summed E-state index contributed by atoms with van der Waals surface area (Å²) >= 11 is 0. The van der Waals surface area contributed by atoms with Crippen molar-refractivity contribution in [3.63, 3.8) is 0 Å². The highest BCUT2D eigenvalue weighted by molar-refractivity contribution is 6.15. The lowest BCUT2D eigenvalue weighted by molar-refractivity contribution is 0.175. The molecule has 124 valence electrons. The Labute approximate surface area is 149 Å². The van der Waals surface area contributed by atoms with Crippen molar-refractivity contribution in [2.24, 2.45) is 0 Å². The zero-order valence-corrected chi connectivity index (χ0v) is 13.9. The van der Waals surface area contributed by atoms with E-state index in [-0.39, 0.29) is 6.79 Å². The largest absolute Gasteiger partial charge is 0.471 e. The molecule has 4 aromatic carbocycles. The minimum Gasteiger partial charge on any atom is -0.471 e. The summed E-state index contributed by atoms with van der Waals surface area (Å²) in [7, 11) is 0. The molecular formula is C23H14O3. The van der Waals surface area contributed by atoms with E-state index in [9.17, 15) is 0 Å². The maximum Gasteiger partial charge on any atom is 0.231 e. The fourth-order valence-corrected chi connectivity index (χ4v) is 3.93. The van der Waals surface area contributed by atoms with Crippen LogP contribution in [0.3, 0.4) is 0 Å². The number of fused-ring (bicyclic) bond motifs is 5. The van der Waals surface area contributed by atoms with Crippen LogP contribution in [0.5, 0.6) is 11.5 Å². The molecule has 1 aliphatic heterocycles.